The van der Waals surface area contributed by atoms with E-state index in [2.05, 4.69) is 0 Å². The number of hydrogen-bond donors (Lipinski definition) is 0. The first-order valence-corrected chi connectivity index (χ1v) is 2.22. The summed E-state index contributed by atoms with van der Waals surface area (Å²) in [5.74, 6) is 0. The Balaban J connectivity index is -0.0000000450. The van der Waals surface area contributed by atoms with Gasteiger partial charge >= 0.3 is 29.6 Å². The van der Waals surface area contributed by atoms with Gasteiger partial charge in [-0.15, -0.1) is 0 Å². The van der Waals surface area contributed by atoms with Crippen molar-refractivity contribution in [2.24, 2.45) is 0 Å². The number of hydrogen-bond acceptors (Lipinski definition) is 2. The minimum atomic E-state index is -1.86. The molecule has 0 saturated heterocycles. The van der Waals surface area contributed by atoms with Crippen LogP contribution in [0.25, 0.3) is 0 Å². The van der Waals surface area contributed by atoms with Gasteiger partial charge in [0.15, 0.2) is 0 Å². The van der Waals surface area contributed by atoms with Gasteiger partial charge < -0.3 is 4.55 Å². The van der Waals surface area contributed by atoms with Crippen molar-refractivity contribution in [2.45, 2.75) is 0 Å². The van der Waals surface area contributed by atoms with Crippen molar-refractivity contribution < 1.29 is 38.3 Å². The topological polar surface area (TPSA) is 40.1 Å². The maximum Gasteiger partial charge on any atom is 1.00 e. The predicted octanol–water partition coefficient (Wildman–Crippen LogP) is -3.88. The van der Waals surface area contributed by atoms with Crippen LogP contribution in [0, 0.1) is 0 Å². The molecule has 0 aliphatic carbocycles. The summed E-state index contributed by atoms with van der Waals surface area (Å²) in [7, 11) is 0. The molecule has 0 aromatic carbocycles. The molecule has 0 bridgehead atoms. The van der Waals surface area contributed by atoms with E-state index in [0.29, 0.717) is 0 Å². The van der Waals surface area contributed by atoms with Gasteiger partial charge in [-0.1, -0.05) is 11.1 Å². The SMILES string of the molecule is CS(=O)[O-].[Na+].[Na]. The summed E-state index contributed by atoms with van der Waals surface area (Å²) in [5.41, 5.74) is 0. The molecule has 1 atom stereocenters. The quantitative estimate of drug-likeness (QED) is 0.245. The summed E-state index contributed by atoms with van der Waals surface area (Å²) < 4.78 is 18.0. The van der Waals surface area contributed by atoms with Gasteiger partial charge in [0.25, 0.3) is 0 Å². The second-order valence-electron chi connectivity index (χ2n) is 0.401. The molecule has 0 aliphatic rings. The van der Waals surface area contributed by atoms with E-state index >= 15 is 0 Å². The molecule has 0 aromatic heterocycles. The molecule has 0 fully saturated rings. The summed E-state index contributed by atoms with van der Waals surface area (Å²) in [6.45, 7) is 0. The van der Waals surface area contributed by atoms with Gasteiger partial charge in [-0.25, -0.2) is 0 Å². The van der Waals surface area contributed by atoms with E-state index in [-0.39, 0.29) is 59.1 Å². The third kappa shape index (κ3) is 35.8. The maximum absolute atomic E-state index is 9.00. The zero-order valence-electron chi connectivity index (χ0n) is 4.22. The molecule has 27 valence electrons. The minimum Gasteiger partial charge on any atom is -0.773 e. The van der Waals surface area contributed by atoms with E-state index in [0.717, 1.165) is 6.26 Å². The molecule has 0 saturated carbocycles. The van der Waals surface area contributed by atoms with Gasteiger partial charge in [-0.2, -0.15) is 0 Å². The first-order valence-electron chi connectivity index (χ1n) is 0.742. The van der Waals surface area contributed by atoms with Gasteiger partial charge in [0, 0.05) is 29.6 Å². The largest absolute Gasteiger partial charge is 1.00 e. The van der Waals surface area contributed by atoms with E-state index in [1.54, 1.807) is 0 Å². The molecule has 1 radical (unpaired) electrons. The Morgan fingerprint density at radius 1 is 1.67 bits per heavy atom. The standard InChI is InChI=1S/CH4O2S.2Na/c1-4(2)3;;/h1H3,(H,2,3);;/q;;+1/p-1. The smallest absolute Gasteiger partial charge is 0.773 e. The Bertz CT molecular complexity index is 34.5. The van der Waals surface area contributed by atoms with Crippen molar-refractivity contribution in [1.82, 2.24) is 0 Å². The molecule has 0 amide bonds. The second-order valence-corrected chi connectivity index (χ2v) is 1.20. The maximum atomic E-state index is 9.00. The van der Waals surface area contributed by atoms with Crippen molar-refractivity contribution in [3.8, 4) is 0 Å². The fourth-order valence-corrected chi connectivity index (χ4v) is 0. The Hall–Kier alpha value is 2.11. The van der Waals surface area contributed by atoms with Crippen LogP contribution in [0.4, 0.5) is 0 Å². The summed E-state index contributed by atoms with van der Waals surface area (Å²) in [6.07, 6.45) is 1.08. The molecule has 0 spiro atoms. The van der Waals surface area contributed by atoms with E-state index in [1.807, 2.05) is 0 Å². The fourth-order valence-electron chi connectivity index (χ4n) is 0. The Labute approximate surface area is 83.9 Å². The van der Waals surface area contributed by atoms with E-state index in [4.69, 9.17) is 8.76 Å². The third-order valence-corrected chi connectivity index (χ3v) is 0. The average Bonchev–Trinajstić information content (AvgIpc) is 0.811. The molecule has 6 heavy (non-hydrogen) atoms. The normalized spacial score (nSPS) is 10.3. The summed E-state index contributed by atoms with van der Waals surface area (Å²) in [6, 6.07) is 0. The van der Waals surface area contributed by atoms with Gasteiger partial charge in [-0.3, -0.25) is 4.21 Å². The molecular formula is CH3Na2O2S. The van der Waals surface area contributed by atoms with Crippen molar-refractivity contribution in [1.29, 1.82) is 0 Å². The van der Waals surface area contributed by atoms with Crippen molar-refractivity contribution in [3.05, 3.63) is 0 Å². The van der Waals surface area contributed by atoms with E-state index in [9.17, 15) is 0 Å². The molecule has 0 aromatic rings. The fraction of sp³-hybridized carbons (Fsp3) is 1.00. The predicted molar refractivity (Wildman–Crippen MR) is 20.6 cm³/mol. The Kier molecular flexibility index (Phi) is 26.6. The van der Waals surface area contributed by atoms with Crippen molar-refractivity contribution in [2.75, 3.05) is 6.26 Å². The monoisotopic (exact) mass is 125 g/mol. The van der Waals surface area contributed by atoms with Crippen LogP contribution in [0.15, 0.2) is 0 Å². The molecular weight excluding hydrogens is 122 g/mol. The van der Waals surface area contributed by atoms with Crippen molar-refractivity contribution in [3.63, 3.8) is 0 Å². The average molecular weight is 125 g/mol. The summed E-state index contributed by atoms with van der Waals surface area (Å²) in [4.78, 5) is 0. The van der Waals surface area contributed by atoms with Crippen LogP contribution < -0.4 is 29.6 Å². The molecule has 1 unspecified atom stereocenters. The first kappa shape index (κ1) is 15.7. The van der Waals surface area contributed by atoms with Gasteiger partial charge in [-0.05, 0) is 6.26 Å². The summed E-state index contributed by atoms with van der Waals surface area (Å²) in [5, 5.41) is 0. The van der Waals surface area contributed by atoms with Crippen LogP contribution in [-0.4, -0.2) is 44.6 Å². The van der Waals surface area contributed by atoms with E-state index < -0.39 is 11.1 Å². The van der Waals surface area contributed by atoms with Gasteiger partial charge in [0.1, 0.15) is 0 Å². The first-order chi connectivity index (χ1) is 1.73. The molecule has 0 rings (SSSR count). The van der Waals surface area contributed by atoms with Crippen LogP contribution in [-0.2, 0) is 11.1 Å². The van der Waals surface area contributed by atoms with Crippen LogP contribution in [0.2, 0.25) is 0 Å². The molecule has 2 nitrogen and oxygen atoms in total. The Morgan fingerprint density at radius 3 is 1.67 bits per heavy atom. The molecule has 0 aliphatic heterocycles. The molecule has 0 N–H and O–H groups in total. The number of rotatable bonds is 0. The van der Waals surface area contributed by atoms with Gasteiger partial charge in [0.05, 0.1) is 0 Å². The van der Waals surface area contributed by atoms with Crippen LogP contribution in [0.1, 0.15) is 0 Å². The van der Waals surface area contributed by atoms with Gasteiger partial charge in [0.2, 0.25) is 0 Å². The summed E-state index contributed by atoms with van der Waals surface area (Å²) >= 11 is -1.86. The minimum absolute atomic E-state index is 0. The van der Waals surface area contributed by atoms with Crippen LogP contribution in [0.5, 0.6) is 0 Å². The second kappa shape index (κ2) is 10.2. The zero-order valence-corrected chi connectivity index (χ0v) is 9.04. The van der Waals surface area contributed by atoms with Crippen molar-refractivity contribution >= 4 is 40.6 Å². The molecule has 0 heterocycles. The Morgan fingerprint density at radius 2 is 1.67 bits per heavy atom. The van der Waals surface area contributed by atoms with Crippen LogP contribution in [0.3, 0.4) is 0 Å². The third-order valence-electron chi connectivity index (χ3n) is 0. The van der Waals surface area contributed by atoms with Crippen LogP contribution >= 0.6 is 0 Å². The zero-order chi connectivity index (χ0) is 3.58. The van der Waals surface area contributed by atoms with E-state index in [1.165, 1.54) is 0 Å². The molecule has 5 heteroatoms.